The summed E-state index contributed by atoms with van der Waals surface area (Å²) in [5.41, 5.74) is 3.18. The van der Waals surface area contributed by atoms with Crippen molar-refractivity contribution in [2.75, 3.05) is 0 Å². The number of aliphatic carboxylic acids is 1. The number of ether oxygens (including phenoxy) is 1. The summed E-state index contributed by atoms with van der Waals surface area (Å²) in [5.74, 6) is -0.167. The van der Waals surface area contributed by atoms with Crippen LogP contribution in [0.15, 0.2) is 60.3 Å². The number of carboxylic acids is 1. The van der Waals surface area contributed by atoms with E-state index in [0.29, 0.717) is 12.2 Å². The number of H-pyrrole nitrogens is 1. The highest BCUT2D eigenvalue weighted by Gasteiger charge is 2.06. The minimum atomic E-state index is -0.921. The molecule has 0 amide bonds. The van der Waals surface area contributed by atoms with Crippen LogP contribution in [0.1, 0.15) is 18.1 Å². The molecule has 4 nitrogen and oxygen atoms in total. The highest BCUT2D eigenvalue weighted by molar-refractivity contribution is 5.97. The number of fused-ring (bicyclic) bond motifs is 1. The number of carbonyl (C=O) groups is 1. The van der Waals surface area contributed by atoms with Gasteiger partial charge in [0, 0.05) is 28.2 Å². The minimum absolute atomic E-state index is 0.293. The van der Waals surface area contributed by atoms with E-state index in [4.69, 9.17) is 9.84 Å². The number of aromatic amines is 1. The molecule has 0 spiro atoms. The summed E-state index contributed by atoms with van der Waals surface area (Å²) in [7, 11) is 0. The van der Waals surface area contributed by atoms with Gasteiger partial charge in [0.1, 0.15) is 12.4 Å². The maximum atomic E-state index is 11.0. The number of carboxylic acid groups (broad SMARTS) is 1. The van der Waals surface area contributed by atoms with Gasteiger partial charge in [-0.1, -0.05) is 30.3 Å². The van der Waals surface area contributed by atoms with E-state index in [1.54, 1.807) is 19.2 Å². The minimum Gasteiger partial charge on any atom is -0.489 e. The molecule has 2 N–H and O–H groups in total. The van der Waals surface area contributed by atoms with Crippen molar-refractivity contribution in [3.8, 4) is 5.75 Å². The smallest absolute Gasteiger partial charge is 0.331 e. The second-order valence-corrected chi connectivity index (χ2v) is 5.36. The van der Waals surface area contributed by atoms with Crippen molar-refractivity contribution in [3.05, 3.63) is 71.4 Å². The first kappa shape index (κ1) is 14.9. The quantitative estimate of drug-likeness (QED) is 0.693. The molecule has 3 aromatic rings. The Hall–Kier alpha value is -3.01. The van der Waals surface area contributed by atoms with Crippen LogP contribution in [0, 0.1) is 0 Å². The summed E-state index contributed by atoms with van der Waals surface area (Å²) >= 11 is 0. The molecule has 0 fully saturated rings. The monoisotopic (exact) mass is 307 g/mol. The molecule has 4 heteroatoms. The van der Waals surface area contributed by atoms with Crippen LogP contribution in [0.4, 0.5) is 0 Å². The molecule has 0 aliphatic heterocycles. The van der Waals surface area contributed by atoms with Crippen molar-refractivity contribution >= 4 is 22.9 Å². The molecule has 0 saturated heterocycles. The van der Waals surface area contributed by atoms with E-state index < -0.39 is 5.97 Å². The van der Waals surface area contributed by atoms with Crippen molar-refractivity contribution in [1.82, 2.24) is 4.98 Å². The van der Waals surface area contributed by atoms with E-state index in [2.05, 4.69) is 4.98 Å². The van der Waals surface area contributed by atoms with Crippen LogP contribution in [-0.4, -0.2) is 16.1 Å². The molecule has 0 aliphatic rings. The average Bonchev–Trinajstić information content (AvgIpc) is 2.96. The van der Waals surface area contributed by atoms with Crippen molar-refractivity contribution in [2.45, 2.75) is 13.5 Å². The normalized spacial score (nSPS) is 11.6. The van der Waals surface area contributed by atoms with Crippen LogP contribution >= 0.6 is 0 Å². The fraction of sp³-hybridized carbons (Fsp3) is 0.105. The van der Waals surface area contributed by atoms with Gasteiger partial charge in [-0.25, -0.2) is 4.79 Å². The van der Waals surface area contributed by atoms with Crippen LogP contribution in [-0.2, 0) is 11.4 Å². The number of aromatic nitrogens is 1. The maximum Gasteiger partial charge on any atom is 0.331 e. The highest BCUT2D eigenvalue weighted by atomic mass is 16.5. The van der Waals surface area contributed by atoms with Crippen LogP contribution in [0.25, 0.3) is 17.0 Å². The summed E-state index contributed by atoms with van der Waals surface area (Å²) in [4.78, 5) is 14.1. The second kappa shape index (κ2) is 6.40. The fourth-order valence-electron chi connectivity index (χ4n) is 2.37. The van der Waals surface area contributed by atoms with Gasteiger partial charge in [0.25, 0.3) is 0 Å². The molecular formula is C19H17NO3. The first-order chi connectivity index (χ1) is 11.1. The number of hydrogen-bond acceptors (Lipinski definition) is 2. The molecule has 2 aromatic carbocycles. The van der Waals surface area contributed by atoms with Crippen LogP contribution in [0.2, 0.25) is 0 Å². The summed E-state index contributed by atoms with van der Waals surface area (Å²) in [6, 6.07) is 15.7. The third-order valence-corrected chi connectivity index (χ3v) is 3.64. The van der Waals surface area contributed by atoms with E-state index >= 15 is 0 Å². The second-order valence-electron chi connectivity index (χ2n) is 5.36. The average molecular weight is 307 g/mol. The van der Waals surface area contributed by atoms with E-state index in [1.807, 2.05) is 48.5 Å². The van der Waals surface area contributed by atoms with E-state index in [1.165, 1.54) is 0 Å². The van der Waals surface area contributed by atoms with Crippen molar-refractivity contribution in [1.29, 1.82) is 0 Å². The lowest BCUT2D eigenvalue weighted by Gasteiger charge is -2.06. The van der Waals surface area contributed by atoms with Crippen molar-refractivity contribution < 1.29 is 14.6 Å². The third kappa shape index (κ3) is 3.43. The Labute approximate surface area is 134 Å². The third-order valence-electron chi connectivity index (χ3n) is 3.64. The van der Waals surface area contributed by atoms with Gasteiger partial charge in [0.05, 0.1) is 0 Å². The van der Waals surface area contributed by atoms with Gasteiger partial charge in [0.2, 0.25) is 0 Å². The predicted molar refractivity (Wildman–Crippen MR) is 90.4 cm³/mol. The zero-order chi connectivity index (χ0) is 16.2. The lowest BCUT2D eigenvalue weighted by atomic mass is 10.1. The topological polar surface area (TPSA) is 62.3 Å². The number of nitrogens with one attached hydrogen (secondary N) is 1. The van der Waals surface area contributed by atoms with Crippen LogP contribution in [0.3, 0.4) is 0 Å². The lowest BCUT2D eigenvalue weighted by Crippen LogP contribution is -1.95. The Morgan fingerprint density at radius 3 is 2.74 bits per heavy atom. The molecule has 0 radical (unpaired) electrons. The van der Waals surface area contributed by atoms with Gasteiger partial charge in [-0.3, -0.25) is 0 Å². The van der Waals surface area contributed by atoms with Gasteiger partial charge in [-0.05, 0) is 36.8 Å². The molecule has 116 valence electrons. The summed E-state index contributed by atoms with van der Waals surface area (Å²) in [5, 5.41) is 9.96. The molecule has 0 unspecified atom stereocenters. The fourth-order valence-corrected chi connectivity index (χ4v) is 2.37. The molecule has 0 atom stereocenters. The molecule has 1 heterocycles. The van der Waals surface area contributed by atoms with E-state index in [9.17, 15) is 4.79 Å². The Morgan fingerprint density at radius 1 is 1.22 bits per heavy atom. The van der Waals surface area contributed by atoms with Crippen molar-refractivity contribution in [2.24, 2.45) is 0 Å². The lowest BCUT2D eigenvalue weighted by molar-refractivity contribution is -0.132. The zero-order valence-corrected chi connectivity index (χ0v) is 12.7. The number of benzene rings is 2. The molecule has 3 rings (SSSR count). The molecule has 0 aliphatic carbocycles. The van der Waals surface area contributed by atoms with E-state index in [-0.39, 0.29) is 0 Å². The van der Waals surface area contributed by atoms with E-state index in [0.717, 1.165) is 27.8 Å². The predicted octanol–water partition coefficient (Wildman–Crippen LogP) is 4.23. The van der Waals surface area contributed by atoms with Gasteiger partial charge >= 0.3 is 5.97 Å². The van der Waals surface area contributed by atoms with Gasteiger partial charge < -0.3 is 14.8 Å². The highest BCUT2D eigenvalue weighted by Crippen LogP contribution is 2.26. The SMILES string of the molecule is C/C(=C\c1c[nH]c2ccc(OCc3ccccc3)cc12)C(=O)O. The van der Waals surface area contributed by atoms with Crippen LogP contribution < -0.4 is 4.74 Å². The summed E-state index contributed by atoms with van der Waals surface area (Å²) in [6.07, 6.45) is 3.46. The Kier molecular flexibility index (Phi) is 4.15. The molecule has 1 aromatic heterocycles. The molecule has 0 bridgehead atoms. The number of rotatable bonds is 5. The Bertz CT molecular complexity index is 863. The van der Waals surface area contributed by atoms with Gasteiger partial charge in [0.15, 0.2) is 0 Å². The first-order valence-corrected chi connectivity index (χ1v) is 7.33. The Balaban J connectivity index is 1.86. The Morgan fingerprint density at radius 2 is 2.00 bits per heavy atom. The van der Waals surface area contributed by atoms with Crippen molar-refractivity contribution in [3.63, 3.8) is 0 Å². The standard InChI is InChI=1S/C19H17NO3/c1-13(19(21)22)9-15-11-20-18-8-7-16(10-17(15)18)23-12-14-5-3-2-4-6-14/h2-11,20H,12H2,1H3,(H,21,22)/b13-9+. The van der Waals surface area contributed by atoms with Gasteiger partial charge in [-0.2, -0.15) is 0 Å². The zero-order valence-electron chi connectivity index (χ0n) is 12.7. The maximum absolute atomic E-state index is 11.0. The molecular weight excluding hydrogens is 290 g/mol. The largest absolute Gasteiger partial charge is 0.489 e. The molecule has 23 heavy (non-hydrogen) atoms. The summed E-state index contributed by atoms with van der Waals surface area (Å²) in [6.45, 7) is 2.08. The number of hydrogen-bond donors (Lipinski definition) is 2. The summed E-state index contributed by atoms with van der Waals surface area (Å²) < 4.78 is 5.83. The van der Waals surface area contributed by atoms with Crippen LogP contribution in [0.5, 0.6) is 5.75 Å². The molecule has 0 saturated carbocycles. The first-order valence-electron chi connectivity index (χ1n) is 7.33. The van der Waals surface area contributed by atoms with Gasteiger partial charge in [-0.15, -0.1) is 0 Å².